The molecule has 0 bridgehead atoms. The van der Waals surface area contributed by atoms with Crippen LogP contribution in [0.4, 0.5) is 0 Å². The summed E-state index contributed by atoms with van der Waals surface area (Å²) in [4.78, 5) is 0. The highest BCUT2D eigenvalue weighted by Gasteiger charge is 2.20. The molecule has 1 aliphatic carbocycles. The molecule has 0 amide bonds. The Labute approximate surface area is 120 Å². The Kier molecular flexibility index (Phi) is 3.93. The number of fused-ring (bicyclic) bond motifs is 1. The van der Waals surface area contributed by atoms with E-state index in [0.717, 1.165) is 5.75 Å². The van der Waals surface area contributed by atoms with Crippen LogP contribution in [0.5, 0.6) is 5.75 Å². The summed E-state index contributed by atoms with van der Waals surface area (Å²) in [5.74, 6) is 1.60. The van der Waals surface area contributed by atoms with Crippen LogP contribution in [-0.2, 0) is 6.54 Å². The summed E-state index contributed by atoms with van der Waals surface area (Å²) in [6.07, 6.45) is 6.65. The second-order valence-corrected chi connectivity index (χ2v) is 5.76. The van der Waals surface area contributed by atoms with Crippen LogP contribution in [0.1, 0.15) is 49.1 Å². The van der Waals surface area contributed by atoms with E-state index in [0.29, 0.717) is 12.5 Å². The van der Waals surface area contributed by atoms with Crippen molar-refractivity contribution in [1.82, 2.24) is 0 Å². The number of ether oxygens (including phenoxy) is 1. The van der Waals surface area contributed by atoms with Crippen molar-refractivity contribution in [3.8, 4) is 5.75 Å². The van der Waals surface area contributed by atoms with Crippen LogP contribution < -0.4 is 10.5 Å². The van der Waals surface area contributed by atoms with E-state index in [1.54, 1.807) is 7.11 Å². The summed E-state index contributed by atoms with van der Waals surface area (Å²) in [6.45, 7) is 0.624. The predicted octanol–water partition coefficient (Wildman–Crippen LogP) is 4.35. The molecule has 0 aromatic heterocycles. The molecule has 0 radical (unpaired) electrons. The van der Waals surface area contributed by atoms with E-state index in [-0.39, 0.29) is 0 Å². The molecule has 0 spiro atoms. The topological polar surface area (TPSA) is 35.2 Å². The first-order valence-corrected chi connectivity index (χ1v) is 7.63. The highest BCUT2D eigenvalue weighted by Crippen LogP contribution is 2.39. The molecule has 2 aromatic rings. The van der Waals surface area contributed by atoms with Crippen LogP contribution in [0.25, 0.3) is 10.8 Å². The van der Waals surface area contributed by atoms with Gasteiger partial charge in [0.2, 0.25) is 0 Å². The minimum Gasteiger partial charge on any atom is -0.497 e. The Hall–Kier alpha value is -1.54. The average Bonchev–Trinajstić information content (AvgIpc) is 2.53. The molecule has 2 nitrogen and oxygen atoms in total. The third kappa shape index (κ3) is 2.40. The normalized spacial score (nSPS) is 16.5. The highest BCUT2D eigenvalue weighted by molar-refractivity contribution is 5.88. The number of hydrogen-bond acceptors (Lipinski definition) is 2. The molecular formula is C18H23NO. The monoisotopic (exact) mass is 269 g/mol. The summed E-state index contributed by atoms with van der Waals surface area (Å²) in [7, 11) is 1.73. The highest BCUT2D eigenvalue weighted by atomic mass is 16.5. The Morgan fingerprint density at radius 1 is 1.10 bits per heavy atom. The van der Waals surface area contributed by atoms with Crippen molar-refractivity contribution in [3.05, 3.63) is 41.5 Å². The quantitative estimate of drug-likeness (QED) is 0.898. The molecule has 1 aliphatic rings. The van der Waals surface area contributed by atoms with Crippen LogP contribution in [0, 0.1) is 0 Å². The average molecular weight is 269 g/mol. The Bertz CT molecular complexity index is 594. The van der Waals surface area contributed by atoms with Gasteiger partial charge in [-0.25, -0.2) is 0 Å². The zero-order valence-corrected chi connectivity index (χ0v) is 12.2. The maximum Gasteiger partial charge on any atom is 0.119 e. The number of methoxy groups -OCH3 is 1. The lowest BCUT2D eigenvalue weighted by Gasteiger charge is -2.26. The van der Waals surface area contributed by atoms with Gasteiger partial charge in [-0.05, 0) is 52.8 Å². The molecule has 2 N–H and O–H groups in total. The fourth-order valence-corrected chi connectivity index (χ4v) is 3.55. The Balaban J connectivity index is 2.18. The van der Waals surface area contributed by atoms with E-state index in [4.69, 9.17) is 10.5 Å². The summed E-state index contributed by atoms with van der Waals surface area (Å²) < 4.78 is 5.41. The summed E-state index contributed by atoms with van der Waals surface area (Å²) in [6, 6.07) is 10.8. The molecule has 0 saturated heterocycles. The molecule has 3 rings (SSSR count). The van der Waals surface area contributed by atoms with Crippen LogP contribution in [0.2, 0.25) is 0 Å². The van der Waals surface area contributed by atoms with Gasteiger partial charge in [0.1, 0.15) is 5.75 Å². The minimum absolute atomic E-state index is 0.624. The molecule has 106 valence electrons. The van der Waals surface area contributed by atoms with Gasteiger partial charge in [0.15, 0.2) is 0 Å². The predicted molar refractivity (Wildman–Crippen MR) is 84.2 cm³/mol. The SMILES string of the molecule is COc1ccc2ccc(CN)c(C3CCCCC3)c2c1. The van der Waals surface area contributed by atoms with Gasteiger partial charge in [-0.3, -0.25) is 0 Å². The standard InChI is InChI=1S/C18H23NO/c1-20-16-10-9-13-7-8-15(12-19)18(17(13)11-16)14-5-3-2-4-6-14/h7-11,14H,2-6,12,19H2,1H3. The van der Waals surface area contributed by atoms with Crippen molar-refractivity contribution < 1.29 is 4.74 Å². The van der Waals surface area contributed by atoms with Crippen LogP contribution in [0.3, 0.4) is 0 Å². The molecule has 2 aromatic carbocycles. The third-order valence-corrected chi connectivity index (χ3v) is 4.59. The fourth-order valence-electron chi connectivity index (χ4n) is 3.55. The second-order valence-electron chi connectivity index (χ2n) is 5.76. The lowest BCUT2D eigenvalue weighted by atomic mass is 9.80. The van der Waals surface area contributed by atoms with Crippen LogP contribution >= 0.6 is 0 Å². The van der Waals surface area contributed by atoms with Gasteiger partial charge in [-0.1, -0.05) is 37.5 Å². The van der Waals surface area contributed by atoms with Crippen molar-refractivity contribution in [1.29, 1.82) is 0 Å². The Morgan fingerprint density at radius 3 is 2.55 bits per heavy atom. The number of nitrogens with two attached hydrogens (primary N) is 1. The first-order chi connectivity index (χ1) is 9.83. The lowest BCUT2D eigenvalue weighted by molar-refractivity contribution is 0.415. The smallest absolute Gasteiger partial charge is 0.119 e. The van der Waals surface area contributed by atoms with Gasteiger partial charge in [-0.2, -0.15) is 0 Å². The van der Waals surface area contributed by atoms with Gasteiger partial charge in [0.05, 0.1) is 7.11 Å². The minimum atomic E-state index is 0.624. The number of rotatable bonds is 3. The molecule has 0 aliphatic heterocycles. The molecule has 2 heteroatoms. The fraction of sp³-hybridized carbons (Fsp3) is 0.444. The second kappa shape index (κ2) is 5.84. The number of benzene rings is 2. The zero-order valence-electron chi connectivity index (χ0n) is 12.2. The van der Waals surface area contributed by atoms with Gasteiger partial charge >= 0.3 is 0 Å². The first-order valence-electron chi connectivity index (χ1n) is 7.63. The van der Waals surface area contributed by atoms with Crippen molar-refractivity contribution >= 4 is 10.8 Å². The van der Waals surface area contributed by atoms with E-state index in [1.807, 2.05) is 6.07 Å². The van der Waals surface area contributed by atoms with E-state index < -0.39 is 0 Å². The van der Waals surface area contributed by atoms with E-state index in [9.17, 15) is 0 Å². The molecule has 0 unspecified atom stereocenters. The Morgan fingerprint density at radius 2 is 1.85 bits per heavy atom. The van der Waals surface area contributed by atoms with Crippen LogP contribution in [-0.4, -0.2) is 7.11 Å². The molecular weight excluding hydrogens is 246 g/mol. The van der Waals surface area contributed by atoms with Crippen molar-refractivity contribution in [2.75, 3.05) is 7.11 Å². The van der Waals surface area contributed by atoms with E-state index in [2.05, 4.69) is 24.3 Å². The zero-order chi connectivity index (χ0) is 13.9. The molecule has 0 heterocycles. The van der Waals surface area contributed by atoms with Gasteiger partial charge in [0, 0.05) is 6.54 Å². The number of hydrogen-bond donors (Lipinski definition) is 1. The summed E-state index contributed by atoms with van der Waals surface area (Å²) in [5.41, 5.74) is 8.77. The van der Waals surface area contributed by atoms with E-state index in [1.165, 1.54) is 54.0 Å². The van der Waals surface area contributed by atoms with Gasteiger partial charge < -0.3 is 10.5 Å². The molecule has 0 atom stereocenters. The van der Waals surface area contributed by atoms with Crippen molar-refractivity contribution in [2.24, 2.45) is 5.73 Å². The van der Waals surface area contributed by atoms with Crippen molar-refractivity contribution in [2.45, 2.75) is 44.6 Å². The first kappa shape index (κ1) is 13.4. The summed E-state index contributed by atoms with van der Waals surface area (Å²) >= 11 is 0. The third-order valence-electron chi connectivity index (χ3n) is 4.59. The molecule has 1 saturated carbocycles. The maximum absolute atomic E-state index is 5.99. The summed E-state index contributed by atoms with van der Waals surface area (Å²) in [5, 5.41) is 2.63. The maximum atomic E-state index is 5.99. The molecule has 20 heavy (non-hydrogen) atoms. The molecule has 1 fully saturated rings. The van der Waals surface area contributed by atoms with Gasteiger partial charge in [-0.15, -0.1) is 0 Å². The largest absolute Gasteiger partial charge is 0.497 e. The van der Waals surface area contributed by atoms with E-state index >= 15 is 0 Å². The van der Waals surface area contributed by atoms with Crippen molar-refractivity contribution in [3.63, 3.8) is 0 Å². The van der Waals surface area contributed by atoms with Crippen LogP contribution in [0.15, 0.2) is 30.3 Å². The lowest BCUT2D eigenvalue weighted by Crippen LogP contribution is -2.10. The van der Waals surface area contributed by atoms with Gasteiger partial charge in [0.25, 0.3) is 0 Å².